The fraction of sp³-hybridized carbons (Fsp3) is 1.00. The van der Waals surface area contributed by atoms with Gasteiger partial charge in [-0.3, -0.25) is 4.21 Å². The summed E-state index contributed by atoms with van der Waals surface area (Å²) in [6.07, 6.45) is 3.77. The lowest BCUT2D eigenvalue weighted by molar-refractivity contribution is 0.346. The molecule has 0 aliphatic rings. The van der Waals surface area contributed by atoms with Gasteiger partial charge in [-0.2, -0.15) is 0 Å². The lowest BCUT2D eigenvalue weighted by Crippen LogP contribution is -2.20. The summed E-state index contributed by atoms with van der Waals surface area (Å²) in [6.45, 7) is 4.27. The van der Waals surface area contributed by atoms with Crippen LogP contribution in [0.5, 0.6) is 0 Å². The van der Waals surface area contributed by atoms with Crippen molar-refractivity contribution in [2.45, 2.75) is 26.7 Å². The van der Waals surface area contributed by atoms with Gasteiger partial charge in [0, 0.05) is 28.7 Å². The molecule has 0 N–H and O–H groups in total. The smallest absolute Gasteiger partial charge is 0.0277 e. The zero-order valence-electron chi connectivity index (χ0n) is 7.52. The third-order valence-electron chi connectivity index (χ3n) is 2.17. The fourth-order valence-corrected chi connectivity index (χ4v) is 1.83. The van der Waals surface area contributed by atoms with Crippen molar-refractivity contribution in [3.05, 3.63) is 0 Å². The van der Waals surface area contributed by atoms with Gasteiger partial charge in [-0.05, 0) is 18.3 Å². The summed E-state index contributed by atoms with van der Waals surface area (Å²) in [6, 6.07) is 0. The van der Waals surface area contributed by atoms with Gasteiger partial charge in [0.2, 0.25) is 0 Å². The Morgan fingerprint density at radius 2 is 2.09 bits per heavy atom. The Kier molecular flexibility index (Phi) is 5.36. The summed E-state index contributed by atoms with van der Waals surface area (Å²) in [7, 11) is -0.674. The Bertz CT molecular complexity index is 132. The van der Waals surface area contributed by atoms with E-state index in [9.17, 15) is 4.21 Å². The second-order valence-electron chi connectivity index (χ2n) is 3.33. The van der Waals surface area contributed by atoms with E-state index >= 15 is 0 Å². The van der Waals surface area contributed by atoms with Gasteiger partial charge in [0.15, 0.2) is 0 Å². The first-order chi connectivity index (χ1) is 5.04. The SMILES string of the molecule is CCC(C)(CCl)CCS(C)=O. The average Bonchev–Trinajstić information content (AvgIpc) is 2.00. The molecular formula is C8H17ClOS. The molecule has 2 atom stereocenters. The number of halogens is 1. The normalized spacial score (nSPS) is 19.3. The molecule has 0 saturated carbocycles. The summed E-state index contributed by atoms with van der Waals surface area (Å²) in [5.41, 5.74) is 0.188. The molecule has 3 heteroatoms. The summed E-state index contributed by atoms with van der Waals surface area (Å²) in [5.74, 6) is 1.44. The van der Waals surface area contributed by atoms with Gasteiger partial charge in [0.25, 0.3) is 0 Å². The van der Waals surface area contributed by atoms with Gasteiger partial charge < -0.3 is 0 Å². The van der Waals surface area contributed by atoms with Crippen LogP contribution in [0.15, 0.2) is 0 Å². The maximum Gasteiger partial charge on any atom is 0.0277 e. The average molecular weight is 197 g/mol. The van der Waals surface area contributed by atoms with E-state index in [2.05, 4.69) is 13.8 Å². The van der Waals surface area contributed by atoms with Crippen molar-refractivity contribution in [2.75, 3.05) is 17.9 Å². The molecule has 0 aliphatic heterocycles. The number of hydrogen-bond donors (Lipinski definition) is 0. The topological polar surface area (TPSA) is 17.1 Å². The molecule has 0 rings (SSSR count). The lowest BCUT2D eigenvalue weighted by Gasteiger charge is -2.24. The van der Waals surface area contributed by atoms with Crippen LogP contribution in [-0.4, -0.2) is 22.1 Å². The molecule has 0 radical (unpaired) electrons. The molecule has 0 spiro atoms. The summed E-state index contributed by atoms with van der Waals surface area (Å²) < 4.78 is 10.8. The van der Waals surface area contributed by atoms with Crippen LogP contribution >= 0.6 is 11.6 Å². The van der Waals surface area contributed by atoms with Crippen LogP contribution in [0, 0.1) is 5.41 Å². The Morgan fingerprint density at radius 1 is 1.55 bits per heavy atom. The van der Waals surface area contributed by atoms with Crippen molar-refractivity contribution in [3.63, 3.8) is 0 Å². The van der Waals surface area contributed by atoms with E-state index in [1.165, 1.54) is 0 Å². The van der Waals surface area contributed by atoms with E-state index in [0.29, 0.717) is 5.88 Å². The molecule has 0 aromatic carbocycles. The molecule has 0 heterocycles. The molecule has 0 aromatic rings. The third-order valence-corrected chi connectivity index (χ3v) is 3.59. The van der Waals surface area contributed by atoms with Crippen LogP contribution in [0.2, 0.25) is 0 Å². The number of hydrogen-bond acceptors (Lipinski definition) is 1. The zero-order chi connectivity index (χ0) is 8.91. The first-order valence-corrected chi connectivity index (χ1v) is 6.16. The Balaban J connectivity index is 3.78. The van der Waals surface area contributed by atoms with Crippen molar-refractivity contribution < 1.29 is 4.21 Å². The van der Waals surface area contributed by atoms with Crippen molar-refractivity contribution >= 4 is 22.4 Å². The van der Waals surface area contributed by atoms with E-state index in [1.807, 2.05) is 0 Å². The van der Waals surface area contributed by atoms with Crippen LogP contribution < -0.4 is 0 Å². The molecule has 0 fully saturated rings. The van der Waals surface area contributed by atoms with E-state index < -0.39 is 10.8 Å². The van der Waals surface area contributed by atoms with E-state index in [1.54, 1.807) is 6.26 Å². The van der Waals surface area contributed by atoms with E-state index in [0.717, 1.165) is 18.6 Å². The summed E-state index contributed by atoms with van der Waals surface area (Å²) in [5, 5.41) is 0. The highest BCUT2D eigenvalue weighted by atomic mass is 35.5. The molecule has 0 aromatic heterocycles. The monoisotopic (exact) mass is 196 g/mol. The van der Waals surface area contributed by atoms with Crippen molar-refractivity contribution in [3.8, 4) is 0 Å². The van der Waals surface area contributed by atoms with Crippen LogP contribution in [0.3, 0.4) is 0 Å². The van der Waals surface area contributed by atoms with Crippen molar-refractivity contribution in [2.24, 2.45) is 5.41 Å². The molecule has 1 nitrogen and oxygen atoms in total. The molecular weight excluding hydrogens is 180 g/mol. The minimum absolute atomic E-state index is 0.188. The maximum atomic E-state index is 10.8. The second kappa shape index (κ2) is 5.15. The van der Waals surface area contributed by atoms with Gasteiger partial charge in [0.05, 0.1) is 0 Å². The van der Waals surface area contributed by atoms with Crippen molar-refractivity contribution in [1.82, 2.24) is 0 Å². The molecule has 0 aliphatic carbocycles. The number of rotatable bonds is 5. The van der Waals surface area contributed by atoms with Gasteiger partial charge >= 0.3 is 0 Å². The summed E-state index contributed by atoms with van der Waals surface area (Å²) in [4.78, 5) is 0. The van der Waals surface area contributed by atoms with E-state index in [-0.39, 0.29) is 5.41 Å². The standard InChI is InChI=1S/C8H17ClOS/c1-4-8(2,7-9)5-6-11(3)10/h4-7H2,1-3H3. The Morgan fingerprint density at radius 3 is 2.36 bits per heavy atom. The fourth-order valence-electron chi connectivity index (χ4n) is 0.728. The third kappa shape index (κ3) is 4.81. The lowest BCUT2D eigenvalue weighted by atomic mass is 9.87. The molecule has 0 saturated heterocycles. The minimum Gasteiger partial charge on any atom is -0.260 e. The van der Waals surface area contributed by atoms with Gasteiger partial charge in [0.1, 0.15) is 0 Å². The molecule has 68 valence electrons. The second-order valence-corrected chi connectivity index (χ2v) is 5.15. The first kappa shape index (κ1) is 11.4. The molecule has 0 amide bonds. The molecule has 0 bridgehead atoms. The maximum absolute atomic E-state index is 10.8. The first-order valence-electron chi connectivity index (χ1n) is 3.90. The van der Waals surface area contributed by atoms with Crippen molar-refractivity contribution in [1.29, 1.82) is 0 Å². The largest absolute Gasteiger partial charge is 0.260 e. The quantitative estimate of drug-likeness (QED) is 0.618. The highest BCUT2D eigenvalue weighted by Gasteiger charge is 2.20. The van der Waals surface area contributed by atoms with Gasteiger partial charge in [-0.25, -0.2) is 0 Å². The van der Waals surface area contributed by atoms with Crippen LogP contribution in [-0.2, 0) is 10.8 Å². The van der Waals surface area contributed by atoms with Gasteiger partial charge in [-0.15, -0.1) is 11.6 Å². The number of alkyl halides is 1. The molecule has 2 unspecified atom stereocenters. The zero-order valence-corrected chi connectivity index (χ0v) is 9.10. The highest BCUT2D eigenvalue weighted by molar-refractivity contribution is 7.84. The molecule has 11 heavy (non-hydrogen) atoms. The predicted octanol–water partition coefficient (Wildman–Crippen LogP) is 2.41. The van der Waals surface area contributed by atoms with Crippen LogP contribution in [0.4, 0.5) is 0 Å². The van der Waals surface area contributed by atoms with Crippen LogP contribution in [0.25, 0.3) is 0 Å². The van der Waals surface area contributed by atoms with Gasteiger partial charge in [-0.1, -0.05) is 13.8 Å². The van der Waals surface area contributed by atoms with E-state index in [4.69, 9.17) is 11.6 Å². The Labute approximate surface area is 77.0 Å². The Hall–Kier alpha value is 0.440. The predicted molar refractivity (Wildman–Crippen MR) is 52.7 cm³/mol. The summed E-state index contributed by atoms with van der Waals surface area (Å²) >= 11 is 5.79. The van der Waals surface area contributed by atoms with Crippen LogP contribution in [0.1, 0.15) is 26.7 Å². The highest BCUT2D eigenvalue weighted by Crippen LogP contribution is 2.27. The minimum atomic E-state index is -0.674.